The summed E-state index contributed by atoms with van der Waals surface area (Å²) >= 11 is 13.6. The van der Waals surface area contributed by atoms with Crippen LogP contribution < -0.4 is 14.9 Å². The average molecular weight is 598 g/mol. The van der Waals surface area contributed by atoms with Crippen LogP contribution >= 0.6 is 34.5 Å². The zero-order chi connectivity index (χ0) is 28.7. The number of carbonyl (C=O) groups is 1. The first-order chi connectivity index (χ1) is 19.1. The number of hydrogen-bond donors (Lipinski definition) is 0. The Morgan fingerprint density at radius 3 is 2.73 bits per heavy atom. The molecule has 0 saturated carbocycles. The van der Waals surface area contributed by atoms with E-state index in [1.807, 2.05) is 0 Å². The lowest BCUT2D eigenvalue weighted by Gasteiger charge is -2.24. The fourth-order valence-corrected chi connectivity index (χ4v) is 5.92. The Balaban J connectivity index is 1.67. The van der Waals surface area contributed by atoms with Crippen molar-refractivity contribution in [2.24, 2.45) is 4.99 Å². The topological polar surface area (TPSA) is 117 Å². The Morgan fingerprint density at radius 2 is 2.00 bits per heavy atom. The first-order valence-electron chi connectivity index (χ1n) is 12.1. The highest BCUT2D eigenvalue weighted by Gasteiger charge is 2.34. The molecule has 5 rings (SSSR count). The first kappa shape index (κ1) is 27.6. The predicted molar refractivity (Wildman–Crippen MR) is 152 cm³/mol. The molecule has 0 N–H and O–H groups in total. The van der Waals surface area contributed by atoms with Crippen LogP contribution in [0.2, 0.25) is 10.0 Å². The highest BCUT2D eigenvalue weighted by molar-refractivity contribution is 7.07. The van der Waals surface area contributed by atoms with Gasteiger partial charge in [-0.15, -0.1) is 0 Å². The molecular formula is C28H21Cl2N3O6S. The zero-order valence-electron chi connectivity index (χ0n) is 21.4. The quantitative estimate of drug-likeness (QED) is 0.163. The number of benzene rings is 2. The molecule has 2 aromatic carbocycles. The lowest BCUT2D eigenvalue weighted by molar-refractivity contribution is -0.385. The molecule has 0 amide bonds. The normalized spacial score (nSPS) is 15.1. The molecule has 2 aromatic heterocycles. The summed E-state index contributed by atoms with van der Waals surface area (Å²) in [5, 5.41) is 12.4. The molecule has 0 unspecified atom stereocenters. The van der Waals surface area contributed by atoms with Crippen LogP contribution in [-0.4, -0.2) is 22.1 Å². The van der Waals surface area contributed by atoms with Gasteiger partial charge in [0.1, 0.15) is 11.5 Å². The number of allylic oxidation sites excluding steroid dienone is 1. The summed E-state index contributed by atoms with van der Waals surface area (Å²) in [5.74, 6) is 0.206. The van der Waals surface area contributed by atoms with Crippen molar-refractivity contribution in [3.8, 4) is 11.3 Å². The molecule has 3 heterocycles. The Hall–Kier alpha value is -3.99. The third-order valence-corrected chi connectivity index (χ3v) is 8.18. The van der Waals surface area contributed by atoms with E-state index in [9.17, 15) is 19.7 Å². The van der Waals surface area contributed by atoms with Gasteiger partial charge in [0.25, 0.3) is 11.2 Å². The monoisotopic (exact) mass is 597 g/mol. The smallest absolute Gasteiger partial charge is 0.338 e. The number of furan rings is 1. The second-order valence-electron chi connectivity index (χ2n) is 8.91. The Bertz CT molecular complexity index is 1900. The number of aromatic nitrogens is 1. The molecule has 4 aromatic rings. The molecular weight excluding hydrogens is 577 g/mol. The SMILES string of the molecule is CCOC(=O)C1=C(C)N=c2s/c(=C/c3ccc(-c4cccc(Cl)c4Cl)o3)c(=O)n2[C@@H]1c1ccc(C)c([N+](=O)[O-])c1. The van der Waals surface area contributed by atoms with Gasteiger partial charge < -0.3 is 9.15 Å². The van der Waals surface area contributed by atoms with Gasteiger partial charge in [0, 0.05) is 23.3 Å². The summed E-state index contributed by atoms with van der Waals surface area (Å²) in [6.07, 6.45) is 1.57. The summed E-state index contributed by atoms with van der Waals surface area (Å²) in [5.41, 5.74) is 1.37. The van der Waals surface area contributed by atoms with Crippen LogP contribution in [0.3, 0.4) is 0 Å². The summed E-state index contributed by atoms with van der Waals surface area (Å²) in [7, 11) is 0. The van der Waals surface area contributed by atoms with E-state index in [2.05, 4.69) is 4.99 Å². The minimum Gasteiger partial charge on any atom is -0.463 e. The second kappa shape index (κ2) is 10.9. The van der Waals surface area contributed by atoms with Crippen molar-refractivity contribution in [3.05, 3.63) is 117 Å². The van der Waals surface area contributed by atoms with Crippen LogP contribution in [0.25, 0.3) is 17.4 Å². The van der Waals surface area contributed by atoms with Crippen molar-refractivity contribution < 1.29 is 18.9 Å². The molecule has 1 aliphatic heterocycles. The van der Waals surface area contributed by atoms with Gasteiger partial charge in [-0.1, -0.05) is 52.7 Å². The Morgan fingerprint density at radius 1 is 1.23 bits per heavy atom. The van der Waals surface area contributed by atoms with Crippen LogP contribution in [0.15, 0.2) is 74.0 Å². The lowest BCUT2D eigenvalue weighted by atomic mass is 9.94. The van der Waals surface area contributed by atoms with Crippen LogP contribution in [0.4, 0.5) is 5.69 Å². The summed E-state index contributed by atoms with van der Waals surface area (Å²) < 4.78 is 12.9. The van der Waals surface area contributed by atoms with Crippen LogP contribution in [0.1, 0.15) is 36.8 Å². The van der Waals surface area contributed by atoms with Crippen molar-refractivity contribution in [2.75, 3.05) is 6.61 Å². The largest absolute Gasteiger partial charge is 0.463 e. The number of esters is 1. The number of fused-ring (bicyclic) bond motifs is 1. The summed E-state index contributed by atoms with van der Waals surface area (Å²) in [6, 6.07) is 12.3. The van der Waals surface area contributed by atoms with Gasteiger partial charge in [-0.3, -0.25) is 19.5 Å². The zero-order valence-corrected chi connectivity index (χ0v) is 23.8. The standard InChI is InChI=1S/C28H21Cl2N3O6S/c1-4-38-27(35)23-15(3)31-28-32(25(23)16-9-8-14(2)20(12-16)33(36)37)26(34)22(40-28)13-17-10-11-21(39-17)18-6-5-7-19(29)24(18)30/h5-13,25H,4H2,1-3H3/b22-13+/t25-/m1/s1. The first-order valence-corrected chi connectivity index (χ1v) is 13.7. The molecule has 12 heteroatoms. The molecule has 0 radical (unpaired) electrons. The van der Waals surface area contributed by atoms with Gasteiger partial charge in [0.15, 0.2) is 4.80 Å². The van der Waals surface area contributed by atoms with E-state index in [0.717, 1.165) is 11.3 Å². The minimum absolute atomic E-state index is 0.109. The van der Waals surface area contributed by atoms with Crippen molar-refractivity contribution in [1.82, 2.24) is 4.57 Å². The molecule has 1 aliphatic rings. The Kier molecular flexibility index (Phi) is 7.50. The third kappa shape index (κ3) is 4.90. The molecule has 9 nitrogen and oxygen atoms in total. The third-order valence-electron chi connectivity index (χ3n) is 6.38. The van der Waals surface area contributed by atoms with Crippen LogP contribution in [0, 0.1) is 17.0 Å². The van der Waals surface area contributed by atoms with E-state index in [1.54, 1.807) is 69.3 Å². The number of halogens is 2. The lowest BCUT2D eigenvalue weighted by Crippen LogP contribution is -2.40. The van der Waals surface area contributed by atoms with Gasteiger partial charge in [0.05, 0.1) is 43.4 Å². The van der Waals surface area contributed by atoms with Crippen molar-refractivity contribution in [3.63, 3.8) is 0 Å². The van der Waals surface area contributed by atoms with E-state index >= 15 is 0 Å². The number of rotatable bonds is 6. The van der Waals surface area contributed by atoms with Gasteiger partial charge in [0.2, 0.25) is 0 Å². The number of nitro groups is 1. The number of thiazole rings is 1. The van der Waals surface area contributed by atoms with E-state index in [4.69, 9.17) is 32.4 Å². The maximum Gasteiger partial charge on any atom is 0.338 e. The van der Waals surface area contributed by atoms with E-state index in [-0.39, 0.29) is 17.9 Å². The molecule has 204 valence electrons. The van der Waals surface area contributed by atoms with E-state index in [1.165, 1.54) is 10.6 Å². The highest BCUT2D eigenvalue weighted by atomic mass is 35.5. The Labute approximate surface area is 241 Å². The summed E-state index contributed by atoms with van der Waals surface area (Å²) in [4.78, 5) is 42.9. The van der Waals surface area contributed by atoms with Crippen LogP contribution in [-0.2, 0) is 9.53 Å². The van der Waals surface area contributed by atoms with Crippen molar-refractivity contribution >= 4 is 52.3 Å². The fourth-order valence-electron chi connectivity index (χ4n) is 4.50. The van der Waals surface area contributed by atoms with E-state index in [0.29, 0.717) is 53.3 Å². The summed E-state index contributed by atoms with van der Waals surface area (Å²) in [6.45, 7) is 5.04. The molecule has 0 bridgehead atoms. The van der Waals surface area contributed by atoms with Crippen molar-refractivity contribution in [2.45, 2.75) is 26.8 Å². The number of hydrogen-bond acceptors (Lipinski definition) is 8. The minimum atomic E-state index is -0.978. The second-order valence-corrected chi connectivity index (χ2v) is 10.7. The number of nitrogens with zero attached hydrogens (tertiary/aromatic N) is 3. The highest BCUT2D eigenvalue weighted by Crippen LogP contribution is 2.35. The number of aryl methyl sites for hydroxylation is 1. The molecule has 1 atom stereocenters. The van der Waals surface area contributed by atoms with Gasteiger partial charge in [-0.2, -0.15) is 0 Å². The average Bonchev–Trinajstić information content (AvgIpc) is 3.49. The molecule has 0 spiro atoms. The van der Waals surface area contributed by atoms with Crippen molar-refractivity contribution in [1.29, 1.82) is 0 Å². The number of ether oxygens (including phenoxy) is 1. The molecule has 0 aliphatic carbocycles. The van der Waals surface area contributed by atoms with Gasteiger partial charge in [-0.25, -0.2) is 9.79 Å². The number of nitro benzene ring substituents is 1. The maximum atomic E-state index is 13.8. The van der Waals surface area contributed by atoms with Gasteiger partial charge >= 0.3 is 5.97 Å². The van der Waals surface area contributed by atoms with E-state index < -0.39 is 22.5 Å². The van der Waals surface area contributed by atoms with Gasteiger partial charge in [-0.05, 0) is 50.6 Å². The molecule has 0 saturated heterocycles. The predicted octanol–water partition coefficient (Wildman–Crippen LogP) is 5.58. The molecule has 40 heavy (non-hydrogen) atoms. The molecule has 0 fully saturated rings. The number of carbonyl (C=O) groups excluding carboxylic acids is 1. The maximum absolute atomic E-state index is 13.8. The van der Waals surface area contributed by atoms with Crippen LogP contribution in [0.5, 0.6) is 0 Å². The fraction of sp³-hybridized carbons (Fsp3) is 0.179.